The van der Waals surface area contributed by atoms with Gasteiger partial charge in [0.2, 0.25) is 0 Å². The van der Waals surface area contributed by atoms with E-state index < -0.39 is 0 Å². The third-order valence-corrected chi connectivity index (χ3v) is 3.26. The molecule has 0 aromatic heterocycles. The molecule has 1 aliphatic rings. The van der Waals surface area contributed by atoms with Gasteiger partial charge in [0.25, 0.3) is 11.8 Å². The summed E-state index contributed by atoms with van der Waals surface area (Å²) >= 11 is 0. The van der Waals surface area contributed by atoms with Crippen LogP contribution in [0.15, 0.2) is 29.8 Å². The normalized spacial score (nSPS) is 14.6. The van der Waals surface area contributed by atoms with Crippen LogP contribution in [0.3, 0.4) is 0 Å². The Hall–Kier alpha value is -2.30. The number of hydrogen-bond acceptors (Lipinski definition) is 4. The minimum atomic E-state index is -0.243. The number of rotatable bonds is 5. The van der Waals surface area contributed by atoms with E-state index in [1.165, 1.54) is 11.0 Å². The maximum Gasteiger partial charge on any atom is 0.256 e. The zero-order valence-corrected chi connectivity index (χ0v) is 11.8. The summed E-state index contributed by atoms with van der Waals surface area (Å²) in [6.07, 6.45) is 1.95. The molecule has 1 aromatic carbocycles. The number of nitrogens with zero attached hydrogens (tertiary/aromatic N) is 1. The van der Waals surface area contributed by atoms with E-state index in [2.05, 4.69) is 0 Å². The lowest BCUT2D eigenvalue weighted by molar-refractivity contribution is -0.137. The Morgan fingerprint density at radius 3 is 2.35 bits per heavy atom. The van der Waals surface area contributed by atoms with Gasteiger partial charge in [-0.25, -0.2) is 0 Å². The second-order valence-corrected chi connectivity index (χ2v) is 4.56. The van der Waals surface area contributed by atoms with Crippen LogP contribution in [-0.2, 0) is 16.0 Å². The maximum absolute atomic E-state index is 11.8. The quantitative estimate of drug-likeness (QED) is 0.765. The zero-order valence-electron chi connectivity index (χ0n) is 11.8. The molecule has 0 saturated carbocycles. The van der Waals surface area contributed by atoms with Crippen molar-refractivity contribution in [2.75, 3.05) is 20.8 Å². The molecule has 1 aliphatic heterocycles. The van der Waals surface area contributed by atoms with E-state index in [0.29, 0.717) is 30.0 Å². The first-order chi connectivity index (χ1) is 9.56. The smallest absolute Gasteiger partial charge is 0.256 e. The third-order valence-electron chi connectivity index (χ3n) is 3.26. The number of methoxy groups -OCH3 is 2. The number of ether oxygens (including phenoxy) is 2. The van der Waals surface area contributed by atoms with Gasteiger partial charge in [0.1, 0.15) is 0 Å². The van der Waals surface area contributed by atoms with Crippen molar-refractivity contribution < 1.29 is 19.1 Å². The molecule has 106 valence electrons. The van der Waals surface area contributed by atoms with Gasteiger partial charge in [-0.2, -0.15) is 0 Å². The molecule has 2 amide bonds. The van der Waals surface area contributed by atoms with E-state index in [4.69, 9.17) is 9.47 Å². The molecular weight excluding hydrogens is 258 g/mol. The molecule has 0 spiro atoms. The summed E-state index contributed by atoms with van der Waals surface area (Å²) in [5, 5.41) is 0. The molecule has 5 nitrogen and oxygen atoms in total. The Labute approximate surface area is 117 Å². The summed E-state index contributed by atoms with van der Waals surface area (Å²) in [7, 11) is 3.15. The summed E-state index contributed by atoms with van der Waals surface area (Å²) in [5.74, 6) is 0.837. The van der Waals surface area contributed by atoms with Crippen molar-refractivity contribution in [3.63, 3.8) is 0 Å². The number of amides is 2. The minimum absolute atomic E-state index is 0.213. The fourth-order valence-electron chi connectivity index (χ4n) is 2.13. The monoisotopic (exact) mass is 275 g/mol. The van der Waals surface area contributed by atoms with Crippen LogP contribution in [0.2, 0.25) is 0 Å². The summed E-state index contributed by atoms with van der Waals surface area (Å²) < 4.78 is 10.4. The van der Waals surface area contributed by atoms with Crippen LogP contribution in [0.5, 0.6) is 11.5 Å². The first kappa shape index (κ1) is 14.1. The molecule has 1 aromatic rings. The van der Waals surface area contributed by atoms with E-state index in [0.717, 1.165) is 5.56 Å². The van der Waals surface area contributed by atoms with Crippen molar-refractivity contribution in [2.24, 2.45) is 0 Å². The van der Waals surface area contributed by atoms with Crippen LogP contribution >= 0.6 is 0 Å². The molecule has 0 N–H and O–H groups in total. The van der Waals surface area contributed by atoms with Gasteiger partial charge < -0.3 is 9.47 Å². The average molecular weight is 275 g/mol. The van der Waals surface area contributed by atoms with Gasteiger partial charge in [0, 0.05) is 18.2 Å². The molecule has 0 bridgehead atoms. The second-order valence-electron chi connectivity index (χ2n) is 4.56. The van der Waals surface area contributed by atoms with Crippen molar-refractivity contribution in [3.05, 3.63) is 35.4 Å². The average Bonchev–Trinajstić information content (AvgIpc) is 2.70. The van der Waals surface area contributed by atoms with Crippen molar-refractivity contribution in [1.82, 2.24) is 4.90 Å². The molecule has 0 aliphatic carbocycles. The van der Waals surface area contributed by atoms with Gasteiger partial charge >= 0.3 is 0 Å². The Bertz CT molecular complexity index is 577. The van der Waals surface area contributed by atoms with Gasteiger partial charge in [-0.1, -0.05) is 6.07 Å². The summed E-state index contributed by atoms with van der Waals surface area (Å²) in [5.41, 5.74) is 1.47. The highest BCUT2D eigenvalue weighted by Gasteiger charge is 2.27. The number of carbonyl (C=O) groups excluding carboxylic acids is 2. The van der Waals surface area contributed by atoms with E-state index in [9.17, 15) is 9.59 Å². The summed E-state index contributed by atoms with van der Waals surface area (Å²) in [6, 6.07) is 5.56. The molecule has 0 atom stereocenters. The number of hydrogen-bond donors (Lipinski definition) is 0. The van der Waals surface area contributed by atoms with Crippen molar-refractivity contribution in [3.8, 4) is 11.5 Å². The van der Waals surface area contributed by atoms with E-state index >= 15 is 0 Å². The van der Waals surface area contributed by atoms with Crippen molar-refractivity contribution >= 4 is 11.8 Å². The topological polar surface area (TPSA) is 55.8 Å². The highest BCUT2D eigenvalue weighted by Crippen LogP contribution is 2.27. The predicted octanol–water partition coefficient (Wildman–Crippen LogP) is 1.56. The Balaban J connectivity index is 2.05. The third kappa shape index (κ3) is 2.66. The van der Waals surface area contributed by atoms with Crippen LogP contribution in [0, 0.1) is 0 Å². The molecular formula is C15H17NO4. The van der Waals surface area contributed by atoms with Crippen LogP contribution in [0.1, 0.15) is 12.5 Å². The number of benzene rings is 1. The predicted molar refractivity (Wildman–Crippen MR) is 73.7 cm³/mol. The first-order valence-corrected chi connectivity index (χ1v) is 6.32. The summed E-state index contributed by atoms with van der Waals surface area (Å²) in [6.45, 7) is 2.01. The lowest BCUT2D eigenvalue weighted by atomic mass is 10.1. The molecule has 0 fully saturated rings. The summed E-state index contributed by atoms with van der Waals surface area (Å²) in [4.78, 5) is 24.6. The molecule has 1 heterocycles. The van der Waals surface area contributed by atoms with Gasteiger partial charge in [-0.05, 0) is 31.0 Å². The minimum Gasteiger partial charge on any atom is -0.493 e. The van der Waals surface area contributed by atoms with E-state index in [-0.39, 0.29) is 11.8 Å². The first-order valence-electron chi connectivity index (χ1n) is 6.32. The molecule has 0 radical (unpaired) electrons. The highest BCUT2D eigenvalue weighted by molar-refractivity contribution is 6.15. The maximum atomic E-state index is 11.8. The van der Waals surface area contributed by atoms with E-state index in [1.54, 1.807) is 21.1 Å². The number of imide groups is 1. The zero-order chi connectivity index (χ0) is 14.7. The molecule has 0 saturated heterocycles. The van der Waals surface area contributed by atoms with Crippen LogP contribution in [0.25, 0.3) is 0 Å². The highest BCUT2D eigenvalue weighted by atomic mass is 16.5. The van der Waals surface area contributed by atoms with Gasteiger partial charge in [0.05, 0.1) is 14.2 Å². The lowest BCUT2D eigenvalue weighted by Gasteiger charge is -2.15. The fraction of sp³-hybridized carbons (Fsp3) is 0.333. The molecule has 2 rings (SSSR count). The molecule has 5 heteroatoms. The number of carbonyl (C=O) groups is 2. The Morgan fingerprint density at radius 2 is 1.80 bits per heavy atom. The largest absolute Gasteiger partial charge is 0.493 e. The van der Waals surface area contributed by atoms with Crippen molar-refractivity contribution in [1.29, 1.82) is 0 Å². The van der Waals surface area contributed by atoms with Crippen molar-refractivity contribution in [2.45, 2.75) is 13.3 Å². The lowest BCUT2D eigenvalue weighted by Crippen LogP contribution is -2.32. The van der Waals surface area contributed by atoms with Gasteiger partial charge in [-0.15, -0.1) is 0 Å². The van der Waals surface area contributed by atoms with Crippen LogP contribution in [0.4, 0.5) is 0 Å². The van der Waals surface area contributed by atoms with Crippen LogP contribution in [-0.4, -0.2) is 37.5 Å². The Morgan fingerprint density at radius 1 is 1.10 bits per heavy atom. The standard InChI is InChI=1S/C15H17NO4/c1-10-8-14(17)16(15(10)18)7-6-11-4-5-12(19-2)13(9-11)20-3/h4-5,8-9H,6-7H2,1-3H3. The van der Waals surface area contributed by atoms with E-state index in [1.807, 2.05) is 18.2 Å². The molecule has 0 unspecified atom stereocenters. The van der Waals surface area contributed by atoms with Gasteiger partial charge in [-0.3, -0.25) is 14.5 Å². The van der Waals surface area contributed by atoms with Gasteiger partial charge in [0.15, 0.2) is 11.5 Å². The SMILES string of the molecule is COc1ccc(CCN2C(=O)C=C(C)C2=O)cc1OC. The van der Waals surface area contributed by atoms with Crippen LogP contribution < -0.4 is 9.47 Å². The second kappa shape index (κ2) is 5.77. The fourth-order valence-corrected chi connectivity index (χ4v) is 2.13. The Kier molecular flexibility index (Phi) is 4.08. The molecule has 20 heavy (non-hydrogen) atoms.